The topological polar surface area (TPSA) is 79.5 Å². The second-order valence-corrected chi connectivity index (χ2v) is 8.58. The van der Waals surface area contributed by atoms with Crippen LogP contribution in [0.4, 0.5) is 5.69 Å². The van der Waals surface area contributed by atoms with Gasteiger partial charge < -0.3 is 14.3 Å². The highest BCUT2D eigenvalue weighted by atomic mass is 35.5. The Morgan fingerprint density at radius 2 is 1.90 bits per heavy atom. The number of anilines is 1. The maximum Gasteiger partial charge on any atom is 0.233 e. The van der Waals surface area contributed by atoms with Crippen molar-refractivity contribution in [3.63, 3.8) is 0 Å². The number of likely N-dealkylation sites (tertiary alicyclic amines) is 1. The number of carbonyl (C=O) groups excluding carboxylic acids is 2. The third-order valence-corrected chi connectivity index (χ3v) is 6.12. The Balaban J connectivity index is 1.20. The Bertz CT molecular complexity index is 1140. The molecule has 0 saturated carbocycles. The minimum atomic E-state index is -0.320. The molecule has 8 heteroatoms. The number of benzene rings is 2. The summed E-state index contributed by atoms with van der Waals surface area (Å²) in [5.41, 5.74) is 2.76. The van der Waals surface area contributed by atoms with E-state index < -0.39 is 0 Å². The zero-order chi connectivity index (χ0) is 21.5. The largest absolute Gasteiger partial charge is 0.341 e. The van der Waals surface area contributed by atoms with Gasteiger partial charge >= 0.3 is 0 Å². The summed E-state index contributed by atoms with van der Waals surface area (Å²) in [6.07, 6.45) is 0.243. The normalized spacial score (nSPS) is 19.0. The minimum absolute atomic E-state index is 0.00814. The third kappa shape index (κ3) is 3.81. The van der Waals surface area contributed by atoms with E-state index >= 15 is 0 Å². The molecule has 2 fully saturated rings. The van der Waals surface area contributed by atoms with E-state index in [1.54, 1.807) is 21.9 Å². The fraction of sp³-hybridized carbons (Fsp3) is 0.304. The lowest BCUT2D eigenvalue weighted by molar-refractivity contribution is -0.140. The standard InChI is InChI=1S/C23H21ClN4O3/c1-14-5-7-19(8-6-14)28-13-16(10-20(28)29)23(30)27-11-17(12-27)22-25-21(26-31-22)15-3-2-4-18(24)9-15/h2-9,16-17H,10-13H2,1H3. The minimum Gasteiger partial charge on any atom is -0.341 e. The van der Waals surface area contributed by atoms with E-state index in [1.807, 2.05) is 43.3 Å². The highest BCUT2D eigenvalue weighted by Crippen LogP contribution is 2.32. The molecule has 1 aromatic heterocycles. The average molecular weight is 437 g/mol. The molecule has 3 aromatic rings. The second kappa shape index (κ2) is 7.81. The van der Waals surface area contributed by atoms with Crippen LogP contribution in [0.5, 0.6) is 0 Å². The van der Waals surface area contributed by atoms with Crippen LogP contribution in [-0.4, -0.2) is 46.5 Å². The van der Waals surface area contributed by atoms with Crippen LogP contribution in [0, 0.1) is 12.8 Å². The number of nitrogens with zero attached hydrogens (tertiary/aromatic N) is 4. The van der Waals surface area contributed by atoms with Crippen molar-refractivity contribution in [3.05, 3.63) is 65.0 Å². The van der Waals surface area contributed by atoms with Gasteiger partial charge in [0.2, 0.25) is 23.5 Å². The summed E-state index contributed by atoms with van der Waals surface area (Å²) in [6.45, 7) is 3.46. The van der Waals surface area contributed by atoms with Crippen molar-refractivity contribution in [2.24, 2.45) is 5.92 Å². The van der Waals surface area contributed by atoms with Crippen LogP contribution >= 0.6 is 11.6 Å². The molecule has 1 atom stereocenters. The molecule has 0 aliphatic carbocycles. The first-order valence-corrected chi connectivity index (χ1v) is 10.6. The maximum atomic E-state index is 12.9. The second-order valence-electron chi connectivity index (χ2n) is 8.15. The number of amides is 2. The SMILES string of the molecule is Cc1ccc(N2CC(C(=O)N3CC(c4nc(-c5cccc(Cl)c5)no4)C3)CC2=O)cc1. The van der Waals surface area contributed by atoms with Gasteiger partial charge in [-0.1, -0.05) is 46.6 Å². The number of hydrogen-bond acceptors (Lipinski definition) is 5. The zero-order valence-electron chi connectivity index (χ0n) is 17.0. The number of aryl methyl sites for hydroxylation is 1. The van der Waals surface area contributed by atoms with Crippen LogP contribution in [0.1, 0.15) is 23.8 Å². The molecular weight excluding hydrogens is 416 g/mol. The number of aromatic nitrogens is 2. The van der Waals surface area contributed by atoms with Gasteiger partial charge in [-0.3, -0.25) is 9.59 Å². The van der Waals surface area contributed by atoms with E-state index in [2.05, 4.69) is 10.1 Å². The molecule has 3 heterocycles. The number of hydrogen-bond donors (Lipinski definition) is 0. The molecule has 0 spiro atoms. The van der Waals surface area contributed by atoms with Crippen LogP contribution in [0.15, 0.2) is 53.1 Å². The molecule has 158 valence electrons. The van der Waals surface area contributed by atoms with Gasteiger partial charge in [-0.2, -0.15) is 4.98 Å². The molecule has 2 amide bonds. The monoisotopic (exact) mass is 436 g/mol. The summed E-state index contributed by atoms with van der Waals surface area (Å²) in [4.78, 5) is 33.3. The van der Waals surface area contributed by atoms with Gasteiger partial charge in [-0.05, 0) is 31.2 Å². The van der Waals surface area contributed by atoms with E-state index in [1.165, 1.54) is 0 Å². The lowest BCUT2D eigenvalue weighted by atomic mass is 9.96. The highest BCUT2D eigenvalue weighted by molar-refractivity contribution is 6.30. The summed E-state index contributed by atoms with van der Waals surface area (Å²) < 4.78 is 5.41. The average Bonchev–Trinajstić information content (AvgIpc) is 3.35. The summed E-state index contributed by atoms with van der Waals surface area (Å²) in [7, 11) is 0. The van der Waals surface area contributed by atoms with Gasteiger partial charge in [0.1, 0.15) is 0 Å². The van der Waals surface area contributed by atoms with Crippen molar-refractivity contribution < 1.29 is 14.1 Å². The van der Waals surface area contributed by atoms with Crippen molar-refractivity contribution in [1.82, 2.24) is 15.0 Å². The van der Waals surface area contributed by atoms with E-state index in [0.29, 0.717) is 36.4 Å². The summed E-state index contributed by atoms with van der Waals surface area (Å²) in [6, 6.07) is 15.1. The number of carbonyl (C=O) groups is 2. The number of halogens is 1. The van der Waals surface area contributed by atoms with Crippen molar-refractivity contribution in [3.8, 4) is 11.4 Å². The molecule has 5 rings (SSSR count). The highest BCUT2D eigenvalue weighted by Gasteiger charge is 2.42. The molecule has 0 N–H and O–H groups in total. The van der Waals surface area contributed by atoms with Gasteiger partial charge in [0, 0.05) is 42.3 Å². The molecule has 2 saturated heterocycles. The smallest absolute Gasteiger partial charge is 0.233 e. The van der Waals surface area contributed by atoms with Gasteiger partial charge in [0.15, 0.2) is 0 Å². The molecular formula is C23H21ClN4O3. The molecule has 2 aliphatic rings. The summed E-state index contributed by atoms with van der Waals surface area (Å²) in [5, 5.41) is 4.64. The third-order valence-electron chi connectivity index (χ3n) is 5.89. The summed E-state index contributed by atoms with van der Waals surface area (Å²) >= 11 is 6.03. The molecule has 0 bridgehead atoms. The Kier molecular flexibility index (Phi) is 4.98. The lowest BCUT2D eigenvalue weighted by Crippen LogP contribution is -2.51. The Labute approximate surface area is 184 Å². The zero-order valence-corrected chi connectivity index (χ0v) is 17.7. The predicted octanol–water partition coefficient (Wildman–Crippen LogP) is 3.68. The first-order chi connectivity index (χ1) is 15.0. The lowest BCUT2D eigenvalue weighted by Gasteiger charge is -2.38. The number of rotatable bonds is 4. The predicted molar refractivity (Wildman–Crippen MR) is 116 cm³/mol. The fourth-order valence-electron chi connectivity index (χ4n) is 4.07. The van der Waals surface area contributed by atoms with Crippen LogP contribution in [0.2, 0.25) is 5.02 Å². The van der Waals surface area contributed by atoms with Gasteiger partial charge in [0.25, 0.3) is 0 Å². The quantitative estimate of drug-likeness (QED) is 0.623. The summed E-state index contributed by atoms with van der Waals surface area (Å²) in [5.74, 6) is 0.686. The Morgan fingerprint density at radius 1 is 1.13 bits per heavy atom. The van der Waals surface area contributed by atoms with Crippen LogP contribution in [-0.2, 0) is 9.59 Å². The molecule has 31 heavy (non-hydrogen) atoms. The first-order valence-electron chi connectivity index (χ1n) is 10.2. The molecule has 2 aliphatic heterocycles. The molecule has 2 aromatic carbocycles. The fourth-order valence-corrected chi connectivity index (χ4v) is 4.26. The Hall–Kier alpha value is -3.19. The molecule has 7 nitrogen and oxygen atoms in total. The van der Waals surface area contributed by atoms with E-state index in [-0.39, 0.29) is 30.1 Å². The van der Waals surface area contributed by atoms with Crippen molar-refractivity contribution >= 4 is 29.1 Å². The van der Waals surface area contributed by atoms with Crippen LogP contribution in [0.25, 0.3) is 11.4 Å². The van der Waals surface area contributed by atoms with Crippen LogP contribution in [0.3, 0.4) is 0 Å². The van der Waals surface area contributed by atoms with Crippen molar-refractivity contribution in [2.75, 3.05) is 24.5 Å². The van der Waals surface area contributed by atoms with Gasteiger partial charge in [-0.25, -0.2) is 0 Å². The maximum absolute atomic E-state index is 12.9. The molecule has 1 unspecified atom stereocenters. The van der Waals surface area contributed by atoms with E-state index in [9.17, 15) is 9.59 Å². The van der Waals surface area contributed by atoms with Crippen molar-refractivity contribution in [2.45, 2.75) is 19.3 Å². The first kappa shape index (κ1) is 19.8. The van der Waals surface area contributed by atoms with Gasteiger partial charge in [0.05, 0.1) is 11.8 Å². The Morgan fingerprint density at radius 3 is 2.65 bits per heavy atom. The van der Waals surface area contributed by atoms with Crippen molar-refractivity contribution in [1.29, 1.82) is 0 Å². The van der Waals surface area contributed by atoms with E-state index in [0.717, 1.165) is 16.8 Å². The van der Waals surface area contributed by atoms with Gasteiger partial charge in [-0.15, -0.1) is 0 Å². The molecule has 0 radical (unpaired) electrons. The van der Waals surface area contributed by atoms with E-state index in [4.69, 9.17) is 16.1 Å². The van der Waals surface area contributed by atoms with Crippen LogP contribution < -0.4 is 4.90 Å².